The molecule has 1 heterocycles. The van der Waals surface area contributed by atoms with Gasteiger partial charge >= 0.3 is 0 Å². The van der Waals surface area contributed by atoms with E-state index in [9.17, 15) is 14.0 Å². The molecule has 0 radical (unpaired) electrons. The number of rotatable bonds is 6. The molecule has 32 heavy (non-hydrogen) atoms. The number of ether oxygens (including phenoxy) is 2. The summed E-state index contributed by atoms with van der Waals surface area (Å²) in [7, 11) is 3.10. The minimum atomic E-state index is -0.381. The number of nitrogens with one attached hydrogen (secondary N) is 1. The van der Waals surface area contributed by atoms with Crippen molar-refractivity contribution in [2.75, 3.05) is 32.6 Å². The first-order valence-electron chi connectivity index (χ1n) is 11.0. The SMILES string of the molecule is COc1ccc(NC(=O)C2CC(c3ccc(F)c(C)c3)CN(C(=O)C3CC3)C2)c(OC)c1. The lowest BCUT2D eigenvalue weighted by Crippen LogP contribution is -2.47. The van der Waals surface area contributed by atoms with Crippen molar-refractivity contribution in [3.8, 4) is 11.5 Å². The summed E-state index contributed by atoms with van der Waals surface area (Å²) < 4.78 is 24.4. The third-order valence-corrected chi connectivity index (χ3v) is 6.38. The average molecular weight is 441 g/mol. The van der Waals surface area contributed by atoms with Crippen LogP contribution in [0.5, 0.6) is 11.5 Å². The maximum absolute atomic E-state index is 13.8. The van der Waals surface area contributed by atoms with Crippen LogP contribution in [0.2, 0.25) is 0 Å². The van der Waals surface area contributed by atoms with Gasteiger partial charge in [0.25, 0.3) is 0 Å². The Morgan fingerprint density at radius 2 is 1.81 bits per heavy atom. The van der Waals surface area contributed by atoms with Crippen molar-refractivity contribution in [3.63, 3.8) is 0 Å². The standard InChI is InChI=1S/C25H29FN2O4/c1-15-10-17(6-8-21(15)26)18-11-19(14-28(13-18)25(30)16-4-5-16)24(29)27-22-9-7-20(31-2)12-23(22)32-3/h6-10,12,16,18-19H,4-5,11,13-14H2,1-3H3,(H,27,29). The van der Waals surface area contributed by atoms with Crippen molar-refractivity contribution in [2.24, 2.45) is 11.8 Å². The minimum Gasteiger partial charge on any atom is -0.497 e. The molecule has 6 nitrogen and oxygen atoms in total. The average Bonchev–Trinajstić information content (AvgIpc) is 3.65. The third kappa shape index (κ3) is 4.71. The molecular formula is C25H29FN2O4. The van der Waals surface area contributed by atoms with Crippen LogP contribution in [0.4, 0.5) is 10.1 Å². The van der Waals surface area contributed by atoms with E-state index in [2.05, 4.69) is 5.32 Å². The van der Waals surface area contributed by atoms with Crippen molar-refractivity contribution in [1.29, 1.82) is 0 Å². The van der Waals surface area contributed by atoms with E-state index in [0.29, 0.717) is 42.3 Å². The Morgan fingerprint density at radius 1 is 1.03 bits per heavy atom. The van der Waals surface area contributed by atoms with E-state index in [1.165, 1.54) is 13.2 Å². The molecule has 2 aromatic rings. The summed E-state index contributed by atoms with van der Waals surface area (Å²) >= 11 is 0. The van der Waals surface area contributed by atoms with Gasteiger partial charge in [0.15, 0.2) is 0 Å². The molecule has 1 saturated carbocycles. The van der Waals surface area contributed by atoms with Crippen LogP contribution in [0.25, 0.3) is 0 Å². The summed E-state index contributed by atoms with van der Waals surface area (Å²) in [6.45, 7) is 2.67. The van der Waals surface area contributed by atoms with Gasteiger partial charge in [-0.1, -0.05) is 12.1 Å². The summed E-state index contributed by atoms with van der Waals surface area (Å²) in [6.07, 6.45) is 2.41. The van der Waals surface area contributed by atoms with Crippen LogP contribution in [0, 0.1) is 24.6 Å². The van der Waals surface area contributed by atoms with Crippen LogP contribution in [0.1, 0.15) is 36.3 Å². The number of nitrogens with zero attached hydrogens (tertiary/aromatic N) is 1. The van der Waals surface area contributed by atoms with Crippen molar-refractivity contribution in [3.05, 3.63) is 53.3 Å². The Morgan fingerprint density at radius 3 is 2.47 bits per heavy atom. The molecule has 2 atom stereocenters. The van der Waals surface area contributed by atoms with E-state index in [-0.39, 0.29) is 35.4 Å². The molecule has 2 aliphatic rings. The normalized spacial score (nSPS) is 20.6. The molecule has 1 aliphatic carbocycles. The highest BCUT2D eigenvalue weighted by molar-refractivity contribution is 5.95. The van der Waals surface area contributed by atoms with Gasteiger partial charge in [-0.05, 0) is 55.5 Å². The number of carbonyl (C=O) groups is 2. The van der Waals surface area contributed by atoms with Gasteiger partial charge in [-0.25, -0.2) is 4.39 Å². The maximum Gasteiger partial charge on any atom is 0.229 e. The van der Waals surface area contributed by atoms with Crippen LogP contribution in [-0.4, -0.2) is 44.0 Å². The molecular weight excluding hydrogens is 411 g/mol. The zero-order valence-corrected chi connectivity index (χ0v) is 18.7. The lowest BCUT2D eigenvalue weighted by atomic mass is 9.83. The topological polar surface area (TPSA) is 67.9 Å². The minimum absolute atomic E-state index is 0.0285. The first-order chi connectivity index (χ1) is 15.4. The van der Waals surface area contributed by atoms with Gasteiger partial charge in [0.05, 0.1) is 25.8 Å². The van der Waals surface area contributed by atoms with Gasteiger partial charge in [0.1, 0.15) is 17.3 Å². The Labute approximate surface area is 187 Å². The number of hydrogen-bond donors (Lipinski definition) is 1. The molecule has 2 fully saturated rings. The van der Waals surface area contributed by atoms with Gasteiger partial charge in [-0.15, -0.1) is 0 Å². The number of anilines is 1. The molecule has 2 amide bonds. The molecule has 2 unspecified atom stereocenters. The van der Waals surface area contributed by atoms with E-state index in [0.717, 1.165) is 18.4 Å². The number of carbonyl (C=O) groups excluding carboxylic acids is 2. The van der Waals surface area contributed by atoms with Crippen LogP contribution >= 0.6 is 0 Å². The number of amides is 2. The summed E-state index contributed by atoms with van der Waals surface area (Å²) in [4.78, 5) is 27.9. The van der Waals surface area contributed by atoms with E-state index < -0.39 is 0 Å². The summed E-state index contributed by atoms with van der Waals surface area (Å²) in [5.41, 5.74) is 2.08. The second-order valence-corrected chi connectivity index (χ2v) is 8.71. The second-order valence-electron chi connectivity index (χ2n) is 8.71. The van der Waals surface area contributed by atoms with E-state index in [1.54, 1.807) is 38.3 Å². The van der Waals surface area contributed by atoms with Crippen LogP contribution < -0.4 is 14.8 Å². The quantitative estimate of drug-likeness (QED) is 0.733. The van der Waals surface area contributed by atoms with Gasteiger partial charge in [-0.3, -0.25) is 9.59 Å². The molecule has 0 bridgehead atoms. The lowest BCUT2D eigenvalue weighted by Gasteiger charge is -2.37. The highest BCUT2D eigenvalue weighted by Gasteiger charge is 2.40. The van der Waals surface area contributed by atoms with E-state index >= 15 is 0 Å². The summed E-state index contributed by atoms with van der Waals surface area (Å²) in [5, 5.41) is 2.96. The number of methoxy groups -OCH3 is 2. The fourth-order valence-corrected chi connectivity index (χ4v) is 4.36. The largest absolute Gasteiger partial charge is 0.497 e. The maximum atomic E-state index is 13.8. The van der Waals surface area contributed by atoms with Gasteiger partial charge in [-0.2, -0.15) is 0 Å². The highest BCUT2D eigenvalue weighted by atomic mass is 19.1. The lowest BCUT2D eigenvalue weighted by molar-refractivity contribution is -0.136. The number of hydrogen-bond acceptors (Lipinski definition) is 4. The number of halogens is 1. The van der Waals surface area contributed by atoms with Crippen LogP contribution in [0.15, 0.2) is 36.4 Å². The number of piperidine rings is 1. The molecule has 2 aromatic carbocycles. The van der Waals surface area contributed by atoms with E-state index in [4.69, 9.17) is 9.47 Å². The Bertz CT molecular complexity index is 1020. The van der Waals surface area contributed by atoms with Crippen molar-refractivity contribution < 1.29 is 23.5 Å². The van der Waals surface area contributed by atoms with Gasteiger partial charge in [0, 0.05) is 31.0 Å². The molecule has 4 rings (SSSR count). The first-order valence-corrected chi connectivity index (χ1v) is 11.0. The number of benzene rings is 2. The molecule has 1 saturated heterocycles. The molecule has 7 heteroatoms. The zero-order chi connectivity index (χ0) is 22.8. The van der Waals surface area contributed by atoms with Crippen LogP contribution in [-0.2, 0) is 9.59 Å². The zero-order valence-electron chi connectivity index (χ0n) is 18.7. The predicted octanol–water partition coefficient (Wildman–Crippen LogP) is 4.13. The van der Waals surface area contributed by atoms with Crippen LogP contribution in [0.3, 0.4) is 0 Å². The second kappa shape index (κ2) is 9.18. The molecule has 170 valence electrons. The Hall–Kier alpha value is -3.09. The Kier molecular flexibility index (Phi) is 6.35. The Balaban J connectivity index is 1.56. The first kappa shape index (κ1) is 22.1. The third-order valence-electron chi connectivity index (χ3n) is 6.38. The fraction of sp³-hybridized carbons (Fsp3) is 0.440. The van der Waals surface area contributed by atoms with Crippen molar-refractivity contribution in [2.45, 2.75) is 32.1 Å². The summed E-state index contributed by atoms with van der Waals surface area (Å²) in [6, 6.07) is 10.3. The van der Waals surface area contributed by atoms with Crippen molar-refractivity contribution >= 4 is 17.5 Å². The monoisotopic (exact) mass is 440 g/mol. The van der Waals surface area contributed by atoms with Gasteiger partial charge < -0.3 is 19.7 Å². The summed E-state index contributed by atoms with van der Waals surface area (Å²) in [5.74, 6) is 0.507. The van der Waals surface area contributed by atoms with Crippen molar-refractivity contribution in [1.82, 2.24) is 4.90 Å². The molecule has 0 spiro atoms. The number of likely N-dealkylation sites (tertiary alicyclic amines) is 1. The molecule has 1 aliphatic heterocycles. The van der Waals surface area contributed by atoms with E-state index in [1.807, 2.05) is 11.0 Å². The highest BCUT2D eigenvalue weighted by Crippen LogP contribution is 2.37. The molecule has 1 N–H and O–H groups in total. The molecule has 0 aromatic heterocycles. The fourth-order valence-electron chi connectivity index (χ4n) is 4.36. The smallest absolute Gasteiger partial charge is 0.229 e. The number of aryl methyl sites for hydroxylation is 1. The predicted molar refractivity (Wildman–Crippen MR) is 119 cm³/mol. The van der Waals surface area contributed by atoms with Gasteiger partial charge in [0.2, 0.25) is 11.8 Å².